The van der Waals surface area contributed by atoms with Gasteiger partial charge >= 0.3 is 6.03 Å². The number of urea groups is 1. The zero-order chi connectivity index (χ0) is 15.1. The van der Waals surface area contributed by atoms with Crippen molar-refractivity contribution in [3.8, 4) is 0 Å². The molecule has 21 heavy (non-hydrogen) atoms. The Bertz CT molecular complexity index is 634. The van der Waals surface area contributed by atoms with E-state index < -0.39 is 0 Å². The molecule has 0 saturated carbocycles. The van der Waals surface area contributed by atoms with Gasteiger partial charge < -0.3 is 10.6 Å². The maximum Gasteiger partial charge on any atom is 0.323 e. The highest BCUT2D eigenvalue weighted by molar-refractivity contribution is 7.99. The summed E-state index contributed by atoms with van der Waals surface area (Å²) in [4.78, 5) is 14.0. The lowest BCUT2D eigenvalue weighted by Gasteiger charge is -2.10. The molecule has 2 N–H and O–H groups in total. The van der Waals surface area contributed by atoms with Gasteiger partial charge in [0.15, 0.2) is 0 Å². The maximum absolute atomic E-state index is 11.8. The van der Waals surface area contributed by atoms with E-state index in [2.05, 4.69) is 10.6 Å². The van der Waals surface area contributed by atoms with Gasteiger partial charge in [0.25, 0.3) is 0 Å². The summed E-state index contributed by atoms with van der Waals surface area (Å²) in [5.74, 6) is 0. The van der Waals surface area contributed by atoms with E-state index in [0.717, 1.165) is 21.1 Å². The highest BCUT2D eigenvalue weighted by Crippen LogP contribution is 2.32. The molecule has 108 valence electrons. The molecule has 0 fully saturated rings. The highest BCUT2D eigenvalue weighted by atomic mass is 32.2. The summed E-state index contributed by atoms with van der Waals surface area (Å²) in [6.45, 7) is 3.86. The fourth-order valence-corrected chi connectivity index (χ4v) is 2.57. The van der Waals surface area contributed by atoms with Crippen molar-refractivity contribution >= 4 is 23.5 Å². The summed E-state index contributed by atoms with van der Waals surface area (Å²) in [6, 6.07) is 17.6. The van der Waals surface area contributed by atoms with Crippen molar-refractivity contribution in [1.82, 2.24) is 5.32 Å². The van der Waals surface area contributed by atoms with E-state index in [0.29, 0.717) is 0 Å². The van der Waals surface area contributed by atoms with E-state index in [4.69, 9.17) is 0 Å². The predicted molar refractivity (Wildman–Crippen MR) is 88.6 cm³/mol. The third-order valence-corrected chi connectivity index (χ3v) is 3.68. The lowest BCUT2D eigenvalue weighted by molar-refractivity contribution is 0.255. The number of anilines is 1. The van der Waals surface area contributed by atoms with E-state index >= 15 is 0 Å². The molecule has 2 amide bonds. The van der Waals surface area contributed by atoms with E-state index in [1.165, 1.54) is 0 Å². The average molecular weight is 298 g/mol. The average Bonchev–Trinajstić information content (AvgIpc) is 2.48. The molecule has 0 atom stereocenters. The molecule has 2 rings (SSSR count). The van der Waals surface area contributed by atoms with Crippen molar-refractivity contribution < 1.29 is 4.79 Å². The number of benzene rings is 2. The lowest BCUT2D eigenvalue weighted by atomic mass is 10.3. The van der Waals surface area contributed by atoms with Crippen LogP contribution in [0.25, 0.3) is 0 Å². The van der Waals surface area contributed by atoms with Crippen molar-refractivity contribution in [2.45, 2.75) is 23.6 Å². The number of carbonyl (C=O) groups is 1. The Labute approximate surface area is 129 Å². The number of para-hydroxylation sites is 1. The van der Waals surface area contributed by atoms with Gasteiger partial charge in [0.2, 0.25) is 0 Å². The molecule has 2 aromatic rings. The predicted octanol–water partition coefficient (Wildman–Crippen LogP) is 4.88. The number of rotatable bonds is 4. The van der Waals surface area contributed by atoms with Gasteiger partial charge in [-0.1, -0.05) is 47.7 Å². The first kappa shape index (κ1) is 15.2. The van der Waals surface area contributed by atoms with Gasteiger partial charge in [-0.3, -0.25) is 0 Å². The summed E-state index contributed by atoms with van der Waals surface area (Å²) >= 11 is 1.62. The number of hydrogen-bond donors (Lipinski definition) is 2. The molecular weight excluding hydrogens is 280 g/mol. The highest BCUT2D eigenvalue weighted by Gasteiger charge is 2.06. The van der Waals surface area contributed by atoms with Crippen LogP contribution in [0.4, 0.5) is 10.5 Å². The second-order valence-corrected chi connectivity index (χ2v) is 5.85. The van der Waals surface area contributed by atoms with Crippen LogP contribution in [0, 0.1) is 0 Å². The van der Waals surface area contributed by atoms with E-state index in [1.807, 2.05) is 68.4 Å². The summed E-state index contributed by atoms with van der Waals surface area (Å²) in [5.41, 5.74) is 1.84. The SMILES string of the molecule is CC(C)=CNC(=O)Nc1ccccc1Sc1ccccc1. The van der Waals surface area contributed by atoms with Crippen molar-refractivity contribution in [3.63, 3.8) is 0 Å². The van der Waals surface area contributed by atoms with Crippen molar-refractivity contribution in [3.05, 3.63) is 66.4 Å². The number of carbonyl (C=O) groups excluding carboxylic acids is 1. The topological polar surface area (TPSA) is 41.1 Å². The molecule has 0 aromatic heterocycles. The van der Waals surface area contributed by atoms with E-state index in [1.54, 1.807) is 18.0 Å². The Morgan fingerprint density at radius 3 is 2.38 bits per heavy atom. The molecule has 2 aromatic carbocycles. The van der Waals surface area contributed by atoms with Crippen LogP contribution in [-0.2, 0) is 0 Å². The smallest absolute Gasteiger partial charge is 0.314 e. The van der Waals surface area contributed by atoms with Gasteiger partial charge in [-0.05, 0) is 38.1 Å². The molecule has 0 spiro atoms. The molecular formula is C17H18N2OS. The maximum atomic E-state index is 11.8. The van der Waals surface area contributed by atoms with Crippen molar-refractivity contribution in [2.24, 2.45) is 0 Å². The van der Waals surface area contributed by atoms with Crippen LogP contribution in [-0.4, -0.2) is 6.03 Å². The third kappa shape index (κ3) is 5.00. The van der Waals surface area contributed by atoms with Gasteiger partial charge in [-0.2, -0.15) is 0 Å². The van der Waals surface area contributed by atoms with Crippen LogP contribution in [0.2, 0.25) is 0 Å². The van der Waals surface area contributed by atoms with Crippen molar-refractivity contribution in [1.29, 1.82) is 0 Å². The Balaban J connectivity index is 2.10. The molecule has 0 bridgehead atoms. The zero-order valence-electron chi connectivity index (χ0n) is 12.1. The zero-order valence-corrected chi connectivity index (χ0v) is 12.9. The van der Waals surface area contributed by atoms with Crippen LogP contribution in [0.3, 0.4) is 0 Å². The van der Waals surface area contributed by atoms with E-state index in [9.17, 15) is 4.79 Å². The lowest BCUT2D eigenvalue weighted by Crippen LogP contribution is -2.24. The Hall–Kier alpha value is -2.20. The van der Waals surface area contributed by atoms with Gasteiger partial charge in [0.1, 0.15) is 0 Å². The monoisotopic (exact) mass is 298 g/mol. The number of allylic oxidation sites excluding steroid dienone is 1. The fourth-order valence-electron chi connectivity index (χ4n) is 1.64. The van der Waals surface area contributed by atoms with Crippen LogP contribution >= 0.6 is 11.8 Å². The normalized spacial score (nSPS) is 9.81. The molecule has 0 aliphatic rings. The number of hydrogen-bond acceptors (Lipinski definition) is 2. The second kappa shape index (κ2) is 7.55. The molecule has 0 aliphatic heterocycles. The van der Waals surface area contributed by atoms with Crippen molar-refractivity contribution in [2.75, 3.05) is 5.32 Å². The molecule has 0 saturated heterocycles. The summed E-state index contributed by atoms with van der Waals surface area (Å²) in [5, 5.41) is 5.57. The summed E-state index contributed by atoms with van der Waals surface area (Å²) in [6.07, 6.45) is 1.68. The first-order valence-electron chi connectivity index (χ1n) is 6.68. The number of amides is 2. The quantitative estimate of drug-likeness (QED) is 0.844. The minimum atomic E-state index is -0.239. The standard InChI is InChI=1S/C17H18N2OS/c1-13(2)12-18-17(20)19-15-10-6-7-11-16(15)21-14-8-4-3-5-9-14/h3-12H,1-2H3,(H2,18,19,20). The van der Waals surface area contributed by atoms with E-state index in [-0.39, 0.29) is 6.03 Å². The molecule has 0 unspecified atom stereocenters. The minimum Gasteiger partial charge on any atom is -0.314 e. The summed E-state index contributed by atoms with van der Waals surface area (Å²) < 4.78 is 0. The minimum absolute atomic E-state index is 0.239. The largest absolute Gasteiger partial charge is 0.323 e. The Kier molecular flexibility index (Phi) is 5.46. The molecule has 0 aliphatic carbocycles. The third-order valence-electron chi connectivity index (χ3n) is 2.60. The molecule has 0 radical (unpaired) electrons. The first-order chi connectivity index (χ1) is 10.1. The Morgan fingerprint density at radius 2 is 1.67 bits per heavy atom. The fraction of sp³-hybridized carbons (Fsp3) is 0.118. The van der Waals surface area contributed by atoms with Gasteiger partial charge in [0.05, 0.1) is 5.69 Å². The van der Waals surface area contributed by atoms with Gasteiger partial charge in [0, 0.05) is 16.0 Å². The number of nitrogens with one attached hydrogen (secondary N) is 2. The van der Waals surface area contributed by atoms with Gasteiger partial charge in [-0.25, -0.2) is 4.79 Å². The molecule has 3 nitrogen and oxygen atoms in total. The molecule has 0 heterocycles. The first-order valence-corrected chi connectivity index (χ1v) is 7.49. The van der Waals surface area contributed by atoms with Gasteiger partial charge in [-0.15, -0.1) is 0 Å². The second-order valence-electron chi connectivity index (χ2n) is 4.73. The van der Waals surface area contributed by atoms with Crippen LogP contribution in [0.1, 0.15) is 13.8 Å². The molecule has 4 heteroatoms. The van der Waals surface area contributed by atoms with Crippen LogP contribution in [0.15, 0.2) is 76.2 Å². The Morgan fingerprint density at radius 1 is 1.00 bits per heavy atom. The summed E-state index contributed by atoms with van der Waals surface area (Å²) in [7, 11) is 0. The van der Waals surface area contributed by atoms with Crippen LogP contribution < -0.4 is 10.6 Å². The van der Waals surface area contributed by atoms with Crippen LogP contribution in [0.5, 0.6) is 0 Å².